The Morgan fingerprint density at radius 1 is 1.07 bits per heavy atom. The van der Waals surface area contributed by atoms with E-state index in [1.165, 1.54) is 57.8 Å². The van der Waals surface area contributed by atoms with Gasteiger partial charge in [-0.1, -0.05) is 88.1 Å². The van der Waals surface area contributed by atoms with Crippen LogP contribution < -0.4 is 5.32 Å². The number of rotatable bonds is 13. The number of aliphatic imine (C=N–C) groups is 1. The number of carbonyl (C=O) groups is 2. The van der Waals surface area contributed by atoms with Crippen molar-refractivity contribution in [2.75, 3.05) is 6.54 Å². The molecule has 2 amide bonds. The predicted octanol–water partition coefficient (Wildman–Crippen LogP) is 8.31. The maximum atomic E-state index is 12.4. The summed E-state index contributed by atoms with van der Waals surface area (Å²) < 4.78 is 13.3. The number of nitrogens with zero attached hydrogens (tertiary/aromatic N) is 5. The molecular formula is C33H48N6O5. The molecule has 0 saturated carbocycles. The molecule has 1 fully saturated rings. The smallest absolute Gasteiger partial charge is 0.437 e. The molecule has 44 heavy (non-hydrogen) atoms. The van der Waals surface area contributed by atoms with Gasteiger partial charge in [-0.25, -0.2) is 9.59 Å². The number of hydrogen-bond donors (Lipinski definition) is 2. The maximum Gasteiger partial charge on any atom is 0.437 e. The fourth-order valence-corrected chi connectivity index (χ4v) is 5.77. The van der Waals surface area contributed by atoms with Crippen molar-refractivity contribution in [3.8, 4) is 11.4 Å². The Hall–Kier alpha value is -3.89. The van der Waals surface area contributed by atoms with Gasteiger partial charge in [0.15, 0.2) is 0 Å². The van der Waals surface area contributed by atoms with E-state index in [0.29, 0.717) is 24.7 Å². The number of benzene rings is 1. The average Bonchev–Trinajstić information content (AvgIpc) is 3.71. The number of unbranched alkanes of at least 4 members (excludes halogenated alkanes) is 9. The van der Waals surface area contributed by atoms with Crippen molar-refractivity contribution in [1.29, 1.82) is 0 Å². The molecule has 4 rings (SSSR count). The summed E-state index contributed by atoms with van der Waals surface area (Å²) in [6.07, 6.45) is 14.2. The SMILES string of the molecule is CCCCCCCCCCCCn1cc(-c2noc(C3CCCN3C(=NC(=O)OC(C)(C)C)NC(=O)O)n2)c2ccccc21. The second kappa shape index (κ2) is 15.7. The second-order valence-electron chi connectivity index (χ2n) is 12.6. The van der Waals surface area contributed by atoms with Crippen LogP contribution in [-0.4, -0.2) is 55.0 Å². The van der Waals surface area contributed by atoms with Gasteiger partial charge in [-0.2, -0.15) is 4.98 Å². The molecule has 0 bridgehead atoms. The number of aromatic nitrogens is 3. The van der Waals surface area contributed by atoms with E-state index >= 15 is 0 Å². The lowest BCUT2D eigenvalue weighted by Gasteiger charge is -2.25. The zero-order chi connectivity index (χ0) is 31.5. The molecule has 2 N–H and O–H groups in total. The molecule has 1 unspecified atom stereocenters. The third-order valence-electron chi connectivity index (χ3n) is 7.84. The van der Waals surface area contributed by atoms with Crippen molar-refractivity contribution in [1.82, 2.24) is 24.9 Å². The van der Waals surface area contributed by atoms with Gasteiger partial charge in [-0.3, -0.25) is 5.32 Å². The molecule has 11 nitrogen and oxygen atoms in total. The monoisotopic (exact) mass is 608 g/mol. The molecule has 0 spiro atoms. The number of para-hydroxylation sites is 1. The lowest BCUT2D eigenvalue weighted by Crippen LogP contribution is -2.44. The highest BCUT2D eigenvalue weighted by Gasteiger charge is 2.35. The van der Waals surface area contributed by atoms with E-state index in [1.807, 2.05) is 12.1 Å². The lowest BCUT2D eigenvalue weighted by atomic mass is 10.1. The third-order valence-corrected chi connectivity index (χ3v) is 7.84. The van der Waals surface area contributed by atoms with Gasteiger partial charge < -0.3 is 23.8 Å². The molecule has 0 aliphatic carbocycles. The third kappa shape index (κ3) is 9.30. The highest BCUT2D eigenvalue weighted by Crippen LogP contribution is 2.34. The largest absolute Gasteiger partial charge is 0.465 e. The molecule has 3 aromatic rings. The minimum absolute atomic E-state index is 0.123. The van der Waals surface area contributed by atoms with Gasteiger partial charge in [0, 0.05) is 35.8 Å². The van der Waals surface area contributed by atoms with Crippen LogP contribution in [0.3, 0.4) is 0 Å². The molecular weight excluding hydrogens is 560 g/mol. The van der Waals surface area contributed by atoms with E-state index < -0.39 is 23.8 Å². The first kappa shape index (κ1) is 33.0. The Morgan fingerprint density at radius 3 is 2.43 bits per heavy atom. The molecule has 1 saturated heterocycles. The Kier molecular flexibility index (Phi) is 11.8. The Labute approximate surface area is 260 Å². The number of carboxylic acid groups (broad SMARTS) is 1. The first-order valence-corrected chi connectivity index (χ1v) is 16.2. The van der Waals surface area contributed by atoms with Crippen LogP contribution in [0.2, 0.25) is 0 Å². The molecule has 3 heterocycles. The zero-order valence-corrected chi connectivity index (χ0v) is 26.7. The van der Waals surface area contributed by atoms with E-state index in [9.17, 15) is 14.7 Å². The summed E-state index contributed by atoms with van der Waals surface area (Å²) in [5, 5.41) is 17.0. The quantitative estimate of drug-likeness (QED) is 0.112. The van der Waals surface area contributed by atoms with Gasteiger partial charge >= 0.3 is 12.2 Å². The molecule has 240 valence electrons. The van der Waals surface area contributed by atoms with Crippen LogP contribution in [0.4, 0.5) is 9.59 Å². The number of amides is 2. The van der Waals surface area contributed by atoms with Crippen LogP contribution in [0.5, 0.6) is 0 Å². The highest BCUT2D eigenvalue weighted by molar-refractivity contribution is 5.98. The summed E-state index contributed by atoms with van der Waals surface area (Å²) in [5.74, 6) is 0.692. The van der Waals surface area contributed by atoms with Crippen LogP contribution in [0.1, 0.15) is 117 Å². The Bertz CT molecular complexity index is 1410. The van der Waals surface area contributed by atoms with E-state index in [-0.39, 0.29) is 5.96 Å². The minimum Gasteiger partial charge on any atom is -0.465 e. The molecule has 1 atom stereocenters. The number of aryl methyl sites for hydroxylation is 1. The summed E-state index contributed by atoms with van der Waals surface area (Å²) >= 11 is 0. The second-order valence-corrected chi connectivity index (χ2v) is 12.6. The van der Waals surface area contributed by atoms with Crippen LogP contribution in [0.25, 0.3) is 22.3 Å². The van der Waals surface area contributed by atoms with E-state index in [2.05, 4.69) is 45.3 Å². The highest BCUT2D eigenvalue weighted by atomic mass is 16.6. The number of carbonyl (C=O) groups excluding carboxylic acids is 1. The van der Waals surface area contributed by atoms with Crippen LogP contribution in [0, 0.1) is 0 Å². The van der Waals surface area contributed by atoms with Crippen molar-refractivity contribution in [2.45, 2.75) is 123 Å². The standard InChI is InChI=1S/C33H48N6O5/c1-5-6-7-8-9-10-11-12-13-16-21-38-23-25(24-18-14-15-19-26(24)38)28-34-29(44-37-28)27-20-17-22-39(27)30(35-31(40)41)36-32(42)43-33(2,3)4/h14-15,18-19,23,27H,5-13,16-17,20-22H2,1-4H3,(H,40,41)(H,35,36,42). The number of guanidine groups is 1. The van der Waals surface area contributed by atoms with Crippen LogP contribution in [0.15, 0.2) is 40.0 Å². The molecule has 1 aliphatic heterocycles. The van der Waals surface area contributed by atoms with E-state index in [4.69, 9.17) is 14.2 Å². The zero-order valence-electron chi connectivity index (χ0n) is 26.7. The average molecular weight is 609 g/mol. The lowest BCUT2D eigenvalue weighted by molar-refractivity contribution is 0.0600. The van der Waals surface area contributed by atoms with Gasteiger partial charge in [-0.15, -0.1) is 4.99 Å². The molecule has 11 heteroatoms. The fraction of sp³-hybridized carbons (Fsp3) is 0.606. The van der Waals surface area contributed by atoms with Gasteiger partial charge in [0.2, 0.25) is 17.7 Å². The predicted molar refractivity (Wildman–Crippen MR) is 171 cm³/mol. The number of fused-ring (bicyclic) bond motifs is 1. The molecule has 2 aromatic heterocycles. The van der Waals surface area contributed by atoms with Crippen molar-refractivity contribution in [3.05, 3.63) is 36.4 Å². The maximum absolute atomic E-state index is 12.4. The van der Waals surface area contributed by atoms with Gasteiger partial charge in [-0.05, 0) is 46.1 Å². The Balaban J connectivity index is 1.44. The first-order valence-electron chi connectivity index (χ1n) is 16.2. The summed E-state index contributed by atoms with van der Waals surface area (Å²) in [4.78, 5) is 34.3. The van der Waals surface area contributed by atoms with Gasteiger partial charge in [0.25, 0.3) is 0 Å². The van der Waals surface area contributed by atoms with E-state index in [0.717, 1.165) is 35.9 Å². The number of nitrogens with one attached hydrogen (secondary N) is 1. The van der Waals surface area contributed by atoms with E-state index in [1.54, 1.807) is 25.7 Å². The van der Waals surface area contributed by atoms with Crippen molar-refractivity contribution in [3.63, 3.8) is 0 Å². The summed E-state index contributed by atoms with van der Waals surface area (Å²) in [5.41, 5.74) is 1.25. The molecule has 0 radical (unpaired) electrons. The molecule has 1 aliphatic rings. The topological polar surface area (TPSA) is 135 Å². The normalized spacial score (nSPS) is 15.7. The van der Waals surface area contributed by atoms with Gasteiger partial charge in [0.1, 0.15) is 11.6 Å². The fourth-order valence-electron chi connectivity index (χ4n) is 5.77. The van der Waals surface area contributed by atoms with Crippen LogP contribution in [-0.2, 0) is 11.3 Å². The number of ether oxygens (including phenoxy) is 1. The number of likely N-dealkylation sites (tertiary alicyclic amines) is 1. The van der Waals surface area contributed by atoms with Crippen LogP contribution >= 0.6 is 0 Å². The summed E-state index contributed by atoms with van der Waals surface area (Å²) in [6.45, 7) is 8.80. The molecule has 1 aromatic carbocycles. The summed E-state index contributed by atoms with van der Waals surface area (Å²) in [7, 11) is 0. The summed E-state index contributed by atoms with van der Waals surface area (Å²) in [6, 6.07) is 7.80. The van der Waals surface area contributed by atoms with Crippen molar-refractivity contribution >= 4 is 29.0 Å². The van der Waals surface area contributed by atoms with Crippen molar-refractivity contribution < 1.29 is 24.0 Å². The van der Waals surface area contributed by atoms with Gasteiger partial charge in [0.05, 0.1) is 0 Å². The van der Waals surface area contributed by atoms with Crippen molar-refractivity contribution in [2.24, 2.45) is 4.99 Å². The first-order chi connectivity index (χ1) is 21.2. The number of hydrogen-bond acceptors (Lipinski definition) is 6. The Morgan fingerprint density at radius 2 is 1.75 bits per heavy atom. The minimum atomic E-state index is -1.33.